The number of carbonyl (C=O) groups is 4. The summed E-state index contributed by atoms with van der Waals surface area (Å²) in [5.74, 6) is -2.95. The molecule has 1 saturated heterocycles. The number of hydrogen-bond acceptors (Lipinski definition) is 8. The van der Waals surface area contributed by atoms with Gasteiger partial charge in [0.05, 0.1) is 0 Å². The van der Waals surface area contributed by atoms with Gasteiger partial charge in [-0.25, -0.2) is 14.0 Å². The van der Waals surface area contributed by atoms with E-state index in [0.717, 1.165) is 15.8 Å². The Labute approximate surface area is 237 Å². The van der Waals surface area contributed by atoms with Gasteiger partial charge in [0.15, 0.2) is 0 Å². The molecule has 0 bridgehead atoms. The third-order valence-electron chi connectivity index (χ3n) is 7.24. The SMILES string of the molecule is Cn1nc(C(=O)[C@@H]2CCCN2C(=O)CN(C(=O)OC(C)(C)C)C(C)(C)CC(=O)N2Cc3ccc(F)cc3C2)oc1=O. The second-order valence-electron chi connectivity index (χ2n) is 12.1. The lowest BCUT2D eigenvalue weighted by molar-refractivity contribution is -0.138. The minimum Gasteiger partial charge on any atom is -0.444 e. The van der Waals surface area contributed by atoms with Gasteiger partial charge < -0.3 is 19.0 Å². The summed E-state index contributed by atoms with van der Waals surface area (Å²) in [6, 6.07) is 3.50. The molecule has 13 heteroatoms. The minimum absolute atomic E-state index is 0.128. The van der Waals surface area contributed by atoms with Crippen molar-refractivity contribution in [2.75, 3.05) is 13.1 Å². The highest BCUT2D eigenvalue weighted by Gasteiger charge is 2.42. The molecule has 0 N–H and O–H groups in total. The van der Waals surface area contributed by atoms with Crippen LogP contribution in [0.1, 0.15) is 75.7 Å². The van der Waals surface area contributed by atoms with Crippen molar-refractivity contribution in [2.24, 2.45) is 7.05 Å². The van der Waals surface area contributed by atoms with Gasteiger partial charge in [-0.2, -0.15) is 4.68 Å². The zero-order valence-corrected chi connectivity index (χ0v) is 24.2. The molecule has 41 heavy (non-hydrogen) atoms. The molecule has 0 unspecified atom stereocenters. The normalized spacial score (nSPS) is 17.0. The molecule has 2 aliphatic rings. The third kappa shape index (κ3) is 6.66. The molecular weight excluding hydrogens is 537 g/mol. The topological polar surface area (TPSA) is 135 Å². The van der Waals surface area contributed by atoms with Crippen molar-refractivity contribution in [3.05, 3.63) is 51.6 Å². The molecule has 1 aromatic carbocycles. The van der Waals surface area contributed by atoms with E-state index in [4.69, 9.17) is 9.15 Å². The largest absolute Gasteiger partial charge is 0.444 e. The molecule has 1 aromatic heterocycles. The van der Waals surface area contributed by atoms with Gasteiger partial charge in [0.1, 0.15) is 24.0 Å². The number of fused-ring (bicyclic) bond motifs is 1. The molecule has 4 rings (SSSR count). The number of Topliss-reactive ketones (excluding diaryl/α,β-unsaturated/α-hetero) is 1. The predicted octanol–water partition coefficient (Wildman–Crippen LogP) is 2.63. The van der Waals surface area contributed by atoms with Gasteiger partial charge in [0.25, 0.3) is 5.89 Å². The summed E-state index contributed by atoms with van der Waals surface area (Å²) in [4.78, 5) is 69.2. The second-order valence-corrected chi connectivity index (χ2v) is 12.1. The van der Waals surface area contributed by atoms with Crippen molar-refractivity contribution < 1.29 is 32.7 Å². The Morgan fingerprint density at radius 1 is 1.10 bits per heavy atom. The zero-order chi connectivity index (χ0) is 30.3. The van der Waals surface area contributed by atoms with Crippen molar-refractivity contribution in [3.8, 4) is 0 Å². The van der Waals surface area contributed by atoms with Crippen LogP contribution in [0.3, 0.4) is 0 Å². The van der Waals surface area contributed by atoms with Crippen molar-refractivity contribution in [2.45, 2.75) is 84.2 Å². The fourth-order valence-electron chi connectivity index (χ4n) is 5.11. The first-order valence-electron chi connectivity index (χ1n) is 13.5. The maximum atomic E-state index is 13.7. The fraction of sp³-hybridized carbons (Fsp3) is 0.571. The number of aryl methyl sites for hydroxylation is 1. The quantitative estimate of drug-likeness (QED) is 0.462. The van der Waals surface area contributed by atoms with Gasteiger partial charge in [0.2, 0.25) is 17.6 Å². The lowest BCUT2D eigenvalue weighted by atomic mass is 9.97. The first-order valence-corrected chi connectivity index (χ1v) is 13.5. The number of ether oxygens (including phenoxy) is 1. The maximum absolute atomic E-state index is 13.7. The highest BCUT2D eigenvalue weighted by Crippen LogP contribution is 2.29. The van der Waals surface area contributed by atoms with Gasteiger partial charge in [-0.1, -0.05) is 6.07 Å². The standard InChI is InChI=1S/C28H36FN5O7/c1-27(2,3)41-26(39)34(28(4,5)13-21(35)32-14-17-9-10-19(29)12-18(17)15-32)16-22(36)33-11-7-8-20(33)23(37)24-30-31(6)25(38)40-24/h9-10,12,20H,7-8,11,13-16H2,1-6H3/t20-/m0/s1. The van der Waals surface area contributed by atoms with E-state index < -0.39 is 47.3 Å². The average Bonchev–Trinajstić information content (AvgIpc) is 3.59. The first kappa shape index (κ1) is 29.9. The number of nitrogens with zero attached hydrogens (tertiary/aromatic N) is 5. The Bertz CT molecular complexity index is 1420. The summed E-state index contributed by atoms with van der Waals surface area (Å²) in [7, 11) is 1.35. The molecule has 0 aliphatic carbocycles. The predicted molar refractivity (Wildman–Crippen MR) is 143 cm³/mol. The number of ketones is 1. The summed E-state index contributed by atoms with van der Waals surface area (Å²) in [5, 5.41) is 3.81. The number of benzene rings is 1. The number of halogens is 1. The fourth-order valence-corrected chi connectivity index (χ4v) is 5.11. The Morgan fingerprint density at radius 2 is 1.78 bits per heavy atom. The van der Waals surface area contributed by atoms with Crippen molar-refractivity contribution in [3.63, 3.8) is 0 Å². The lowest BCUT2D eigenvalue weighted by Gasteiger charge is -2.40. The van der Waals surface area contributed by atoms with E-state index in [1.807, 2.05) is 0 Å². The van der Waals surface area contributed by atoms with Crippen LogP contribution in [0.5, 0.6) is 0 Å². The second kappa shape index (κ2) is 11.1. The number of rotatable bonds is 7. The van der Waals surface area contributed by atoms with E-state index in [1.54, 1.807) is 45.6 Å². The van der Waals surface area contributed by atoms with E-state index in [2.05, 4.69) is 5.10 Å². The zero-order valence-electron chi connectivity index (χ0n) is 24.2. The molecule has 0 spiro atoms. The Hall–Kier alpha value is -4.03. The van der Waals surface area contributed by atoms with E-state index >= 15 is 0 Å². The van der Waals surface area contributed by atoms with Crippen LogP contribution in [0.4, 0.5) is 9.18 Å². The molecule has 0 radical (unpaired) electrons. The molecule has 222 valence electrons. The van der Waals surface area contributed by atoms with Crippen LogP contribution in [0, 0.1) is 5.82 Å². The summed E-state index contributed by atoms with van der Waals surface area (Å²) >= 11 is 0. The van der Waals surface area contributed by atoms with Gasteiger partial charge in [0, 0.05) is 38.6 Å². The van der Waals surface area contributed by atoms with Gasteiger partial charge in [-0.05, 0) is 70.7 Å². The Morgan fingerprint density at radius 3 is 2.41 bits per heavy atom. The van der Waals surface area contributed by atoms with Crippen LogP contribution >= 0.6 is 0 Å². The van der Waals surface area contributed by atoms with Crippen LogP contribution in [0.25, 0.3) is 0 Å². The smallest absolute Gasteiger partial charge is 0.437 e. The Kier molecular flexibility index (Phi) is 8.10. The highest BCUT2D eigenvalue weighted by atomic mass is 19.1. The number of aromatic nitrogens is 2. The molecule has 0 saturated carbocycles. The van der Waals surface area contributed by atoms with E-state index in [9.17, 15) is 28.4 Å². The van der Waals surface area contributed by atoms with E-state index in [1.165, 1.54) is 29.0 Å². The van der Waals surface area contributed by atoms with Crippen LogP contribution in [-0.2, 0) is 34.5 Å². The van der Waals surface area contributed by atoms with Crippen molar-refractivity contribution >= 4 is 23.7 Å². The number of likely N-dealkylation sites (tertiary alicyclic amines) is 1. The van der Waals surface area contributed by atoms with E-state index in [-0.39, 0.29) is 37.1 Å². The highest BCUT2D eigenvalue weighted by molar-refractivity contribution is 5.99. The molecular formula is C28H36FN5O7. The number of amides is 3. The van der Waals surface area contributed by atoms with Crippen LogP contribution in [0.15, 0.2) is 27.4 Å². The first-order chi connectivity index (χ1) is 19.1. The maximum Gasteiger partial charge on any atom is 0.437 e. The molecule has 2 aliphatic heterocycles. The molecule has 3 heterocycles. The van der Waals surface area contributed by atoms with Gasteiger partial charge >= 0.3 is 11.8 Å². The van der Waals surface area contributed by atoms with Crippen LogP contribution in [0.2, 0.25) is 0 Å². The lowest BCUT2D eigenvalue weighted by Crippen LogP contribution is -2.56. The summed E-state index contributed by atoms with van der Waals surface area (Å²) in [6.07, 6.45) is -0.0376. The molecule has 1 atom stereocenters. The van der Waals surface area contributed by atoms with E-state index in [0.29, 0.717) is 19.4 Å². The number of hydrogen-bond donors (Lipinski definition) is 0. The molecule has 2 aromatic rings. The van der Waals surface area contributed by atoms with Gasteiger partial charge in [-0.15, -0.1) is 5.10 Å². The molecule has 1 fully saturated rings. The van der Waals surface area contributed by atoms with Gasteiger partial charge in [-0.3, -0.25) is 19.3 Å². The Balaban J connectivity index is 1.52. The summed E-state index contributed by atoms with van der Waals surface area (Å²) < 4.78 is 25.1. The summed E-state index contributed by atoms with van der Waals surface area (Å²) in [5.41, 5.74) is -0.460. The van der Waals surface area contributed by atoms with Crippen LogP contribution < -0.4 is 5.76 Å². The van der Waals surface area contributed by atoms with Crippen LogP contribution in [-0.4, -0.2) is 78.4 Å². The number of carbonyl (C=O) groups excluding carboxylic acids is 4. The monoisotopic (exact) mass is 573 g/mol. The average molecular weight is 574 g/mol. The summed E-state index contributed by atoms with van der Waals surface area (Å²) in [6.45, 7) is 8.79. The van der Waals surface area contributed by atoms with Crippen molar-refractivity contribution in [1.82, 2.24) is 24.5 Å². The molecule has 12 nitrogen and oxygen atoms in total. The molecule has 3 amide bonds. The van der Waals surface area contributed by atoms with Crippen molar-refractivity contribution in [1.29, 1.82) is 0 Å². The third-order valence-corrected chi connectivity index (χ3v) is 7.24. The minimum atomic E-state index is -1.16.